The van der Waals surface area contributed by atoms with Gasteiger partial charge in [0, 0.05) is 12.1 Å². The summed E-state index contributed by atoms with van der Waals surface area (Å²) in [4.78, 5) is 2.03. The smallest absolute Gasteiger partial charge is 0.151 e. The molecule has 98 valence electrons. The number of nitrogens with two attached hydrogens (primary N) is 1. The first-order chi connectivity index (χ1) is 7.67. The number of hydrogen-bond acceptors (Lipinski definition) is 5. The number of nitriles is 1. The van der Waals surface area contributed by atoms with Crippen LogP contribution in [0.15, 0.2) is 0 Å². The molecule has 0 amide bonds. The molecule has 2 N–H and O–H groups in total. The van der Waals surface area contributed by atoms with Gasteiger partial charge >= 0.3 is 0 Å². The Balaban J connectivity index is 2.60. The minimum Gasteiger partial charge on any atom is -0.314 e. The van der Waals surface area contributed by atoms with Gasteiger partial charge in [0.25, 0.3) is 0 Å². The lowest BCUT2D eigenvalue weighted by Gasteiger charge is -2.32. The molecule has 0 saturated carbocycles. The minimum absolute atomic E-state index is 0.0597. The molecular weight excluding hydrogens is 238 g/mol. The molecule has 0 spiro atoms. The predicted molar refractivity (Wildman–Crippen MR) is 67.1 cm³/mol. The average molecular weight is 259 g/mol. The second-order valence-electron chi connectivity index (χ2n) is 5.30. The molecule has 3 atom stereocenters. The van der Waals surface area contributed by atoms with Crippen molar-refractivity contribution in [2.75, 3.05) is 18.6 Å². The van der Waals surface area contributed by atoms with E-state index in [-0.39, 0.29) is 23.6 Å². The van der Waals surface area contributed by atoms with Gasteiger partial charge in [-0.15, -0.1) is 0 Å². The molecule has 1 aliphatic rings. The fraction of sp³-hybridized carbons (Fsp3) is 0.909. The third kappa shape index (κ3) is 3.95. The number of sulfone groups is 1. The van der Waals surface area contributed by atoms with Crippen LogP contribution in [-0.4, -0.2) is 49.5 Å². The standard InChI is InChI=1S/C11H21N3O2S/c1-9(6-11(2,13)8-12)14(3)10-4-5-17(15,16)7-10/h9-10H,4-7,13H2,1-3H3. The van der Waals surface area contributed by atoms with Gasteiger partial charge in [-0.1, -0.05) is 0 Å². The van der Waals surface area contributed by atoms with E-state index in [1.165, 1.54) is 0 Å². The van der Waals surface area contributed by atoms with Gasteiger partial charge in [0.15, 0.2) is 9.84 Å². The Bertz CT molecular complexity index is 411. The van der Waals surface area contributed by atoms with Gasteiger partial charge in [-0.25, -0.2) is 8.42 Å². The fourth-order valence-corrected chi connectivity index (χ4v) is 4.05. The van der Waals surface area contributed by atoms with Gasteiger partial charge in [0.2, 0.25) is 0 Å². The van der Waals surface area contributed by atoms with Crippen LogP contribution in [-0.2, 0) is 9.84 Å². The summed E-state index contributed by atoms with van der Waals surface area (Å²) in [7, 11) is -0.955. The van der Waals surface area contributed by atoms with E-state index in [2.05, 4.69) is 6.07 Å². The number of nitrogens with zero attached hydrogens (tertiary/aromatic N) is 2. The third-order valence-electron chi connectivity index (χ3n) is 3.45. The molecule has 1 aliphatic heterocycles. The summed E-state index contributed by atoms with van der Waals surface area (Å²) < 4.78 is 22.8. The first-order valence-corrected chi connectivity index (χ1v) is 7.61. The zero-order valence-corrected chi connectivity index (χ0v) is 11.5. The lowest BCUT2D eigenvalue weighted by atomic mass is 9.95. The third-order valence-corrected chi connectivity index (χ3v) is 5.20. The SMILES string of the molecule is CC(CC(C)(N)C#N)N(C)C1CCS(=O)(=O)C1. The highest BCUT2D eigenvalue weighted by Crippen LogP contribution is 2.21. The first kappa shape index (κ1) is 14.4. The topological polar surface area (TPSA) is 87.2 Å². The highest BCUT2D eigenvalue weighted by atomic mass is 32.2. The van der Waals surface area contributed by atoms with E-state index in [1.54, 1.807) is 6.92 Å². The van der Waals surface area contributed by atoms with E-state index < -0.39 is 15.4 Å². The Morgan fingerprint density at radius 1 is 1.65 bits per heavy atom. The summed E-state index contributed by atoms with van der Waals surface area (Å²) in [5.74, 6) is 0.495. The molecule has 0 radical (unpaired) electrons. The van der Waals surface area contributed by atoms with E-state index in [0.717, 1.165) is 0 Å². The molecule has 1 saturated heterocycles. The maximum atomic E-state index is 11.4. The summed E-state index contributed by atoms with van der Waals surface area (Å²) in [6.07, 6.45) is 1.22. The lowest BCUT2D eigenvalue weighted by molar-refractivity contribution is 0.177. The maximum Gasteiger partial charge on any atom is 0.151 e. The minimum atomic E-state index is -2.86. The van der Waals surface area contributed by atoms with Crippen LogP contribution in [0.25, 0.3) is 0 Å². The number of rotatable bonds is 4. The monoisotopic (exact) mass is 259 g/mol. The van der Waals surface area contributed by atoms with E-state index in [4.69, 9.17) is 11.0 Å². The molecule has 17 heavy (non-hydrogen) atoms. The summed E-state index contributed by atoms with van der Waals surface area (Å²) in [5.41, 5.74) is 4.94. The Morgan fingerprint density at radius 2 is 2.24 bits per heavy atom. The van der Waals surface area contributed by atoms with Crippen molar-refractivity contribution in [1.82, 2.24) is 4.90 Å². The van der Waals surface area contributed by atoms with Crippen molar-refractivity contribution >= 4 is 9.84 Å². The predicted octanol–water partition coefficient (Wildman–Crippen LogP) is 0.125. The van der Waals surface area contributed by atoms with Crippen LogP contribution >= 0.6 is 0 Å². The van der Waals surface area contributed by atoms with Crippen LogP contribution in [0.1, 0.15) is 26.7 Å². The van der Waals surface area contributed by atoms with Crippen LogP contribution in [0, 0.1) is 11.3 Å². The zero-order valence-electron chi connectivity index (χ0n) is 10.7. The van der Waals surface area contributed by atoms with Crippen LogP contribution in [0.5, 0.6) is 0 Å². The van der Waals surface area contributed by atoms with Crippen molar-refractivity contribution in [3.8, 4) is 6.07 Å². The molecule has 3 unspecified atom stereocenters. The number of hydrogen-bond donors (Lipinski definition) is 1. The molecule has 5 nitrogen and oxygen atoms in total. The van der Waals surface area contributed by atoms with Gasteiger partial charge in [0.1, 0.15) is 5.54 Å². The average Bonchev–Trinajstić information content (AvgIpc) is 2.57. The maximum absolute atomic E-state index is 11.4. The molecular formula is C11H21N3O2S. The van der Waals surface area contributed by atoms with Crippen LogP contribution in [0.3, 0.4) is 0 Å². The van der Waals surface area contributed by atoms with Gasteiger partial charge in [0.05, 0.1) is 17.6 Å². The van der Waals surface area contributed by atoms with Crippen molar-refractivity contribution in [3.63, 3.8) is 0 Å². The van der Waals surface area contributed by atoms with Crippen LogP contribution < -0.4 is 5.73 Å². The Kier molecular flexibility index (Phi) is 4.18. The van der Waals surface area contributed by atoms with Crippen molar-refractivity contribution in [1.29, 1.82) is 5.26 Å². The lowest BCUT2D eigenvalue weighted by Crippen LogP contribution is -2.46. The summed E-state index contributed by atoms with van der Waals surface area (Å²) in [6.45, 7) is 3.68. The summed E-state index contributed by atoms with van der Waals surface area (Å²) in [6, 6.07) is 2.23. The van der Waals surface area contributed by atoms with Crippen molar-refractivity contribution in [3.05, 3.63) is 0 Å². The van der Waals surface area contributed by atoms with E-state index in [0.29, 0.717) is 12.8 Å². The van der Waals surface area contributed by atoms with Gasteiger partial charge in [-0.2, -0.15) is 5.26 Å². The Morgan fingerprint density at radius 3 is 2.65 bits per heavy atom. The molecule has 0 aromatic rings. The first-order valence-electron chi connectivity index (χ1n) is 5.79. The van der Waals surface area contributed by atoms with Gasteiger partial charge in [-0.05, 0) is 33.7 Å². The van der Waals surface area contributed by atoms with E-state index >= 15 is 0 Å². The molecule has 0 aromatic carbocycles. The fourth-order valence-electron chi connectivity index (χ4n) is 2.26. The Hall–Kier alpha value is -0.640. The second-order valence-corrected chi connectivity index (χ2v) is 7.53. The largest absolute Gasteiger partial charge is 0.314 e. The zero-order chi connectivity index (χ0) is 13.3. The summed E-state index contributed by atoms with van der Waals surface area (Å²) >= 11 is 0. The highest BCUT2D eigenvalue weighted by Gasteiger charge is 2.34. The van der Waals surface area contributed by atoms with Crippen LogP contribution in [0.2, 0.25) is 0 Å². The second kappa shape index (κ2) is 4.92. The quantitative estimate of drug-likeness (QED) is 0.775. The molecule has 6 heteroatoms. The van der Waals surface area contributed by atoms with Crippen molar-refractivity contribution in [2.24, 2.45) is 5.73 Å². The van der Waals surface area contributed by atoms with Gasteiger partial charge < -0.3 is 5.73 Å². The highest BCUT2D eigenvalue weighted by molar-refractivity contribution is 7.91. The molecule has 0 aromatic heterocycles. The molecule has 1 fully saturated rings. The normalized spacial score (nSPS) is 28.6. The molecule has 0 bridgehead atoms. The summed E-state index contributed by atoms with van der Waals surface area (Å²) in [5, 5.41) is 8.88. The Labute approximate surface area is 104 Å². The van der Waals surface area contributed by atoms with Crippen LogP contribution in [0.4, 0.5) is 0 Å². The van der Waals surface area contributed by atoms with E-state index in [9.17, 15) is 8.42 Å². The van der Waals surface area contributed by atoms with Crippen molar-refractivity contribution in [2.45, 2.75) is 44.3 Å². The van der Waals surface area contributed by atoms with Gasteiger partial charge in [-0.3, -0.25) is 4.90 Å². The van der Waals surface area contributed by atoms with Crippen molar-refractivity contribution < 1.29 is 8.42 Å². The molecule has 0 aliphatic carbocycles. The molecule has 1 rings (SSSR count). The van der Waals surface area contributed by atoms with E-state index in [1.807, 2.05) is 18.9 Å². The molecule has 1 heterocycles.